The summed E-state index contributed by atoms with van der Waals surface area (Å²) in [6.07, 6.45) is 0.984. The van der Waals surface area contributed by atoms with E-state index in [1.807, 2.05) is 30.0 Å². The third-order valence-electron chi connectivity index (χ3n) is 3.35. The van der Waals surface area contributed by atoms with Crippen molar-refractivity contribution in [3.8, 4) is 5.75 Å². The fourth-order valence-corrected chi connectivity index (χ4v) is 2.59. The van der Waals surface area contributed by atoms with Crippen molar-refractivity contribution in [1.82, 2.24) is 10.2 Å². The van der Waals surface area contributed by atoms with Gasteiger partial charge in [0.1, 0.15) is 5.75 Å². The first-order chi connectivity index (χ1) is 9.11. The predicted molar refractivity (Wildman–Crippen MR) is 78.2 cm³/mol. The van der Waals surface area contributed by atoms with Gasteiger partial charge in [0, 0.05) is 17.6 Å². The van der Waals surface area contributed by atoms with Gasteiger partial charge in [0.05, 0.1) is 13.2 Å². The van der Waals surface area contributed by atoms with E-state index in [-0.39, 0.29) is 11.9 Å². The van der Waals surface area contributed by atoms with Crippen molar-refractivity contribution in [1.29, 1.82) is 0 Å². The number of carbonyl (C=O) groups excluding carboxylic acids is 1. The molecule has 0 aromatic heterocycles. The topological polar surface area (TPSA) is 41.6 Å². The van der Waals surface area contributed by atoms with Crippen LogP contribution in [0.3, 0.4) is 0 Å². The summed E-state index contributed by atoms with van der Waals surface area (Å²) in [6.45, 7) is 4.21. The monoisotopic (exact) mass is 326 g/mol. The van der Waals surface area contributed by atoms with Gasteiger partial charge in [-0.25, -0.2) is 0 Å². The van der Waals surface area contributed by atoms with Crippen LogP contribution in [0.1, 0.15) is 18.9 Å². The van der Waals surface area contributed by atoms with E-state index in [0.29, 0.717) is 6.54 Å². The molecule has 2 rings (SSSR count). The first kappa shape index (κ1) is 14.3. The SMILES string of the molecule is COc1ccc(Br)c(CN2CCCNC(C)C2=O)c1. The van der Waals surface area contributed by atoms with E-state index in [9.17, 15) is 4.79 Å². The van der Waals surface area contributed by atoms with E-state index < -0.39 is 0 Å². The van der Waals surface area contributed by atoms with Crippen molar-refractivity contribution in [2.24, 2.45) is 0 Å². The lowest BCUT2D eigenvalue weighted by Crippen LogP contribution is -2.41. The Bertz CT molecular complexity index is 465. The van der Waals surface area contributed by atoms with E-state index in [0.717, 1.165) is 35.3 Å². The average molecular weight is 327 g/mol. The molecule has 1 saturated heterocycles. The van der Waals surface area contributed by atoms with E-state index in [1.54, 1.807) is 7.11 Å². The Morgan fingerprint density at radius 2 is 2.32 bits per heavy atom. The molecular weight excluding hydrogens is 308 g/mol. The Morgan fingerprint density at radius 1 is 1.53 bits per heavy atom. The highest BCUT2D eigenvalue weighted by Crippen LogP contribution is 2.24. The number of ether oxygens (including phenoxy) is 1. The van der Waals surface area contributed by atoms with Gasteiger partial charge in [-0.3, -0.25) is 4.79 Å². The van der Waals surface area contributed by atoms with Crippen LogP contribution < -0.4 is 10.1 Å². The molecule has 1 atom stereocenters. The molecule has 4 nitrogen and oxygen atoms in total. The van der Waals surface area contributed by atoms with Crippen molar-refractivity contribution >= 4 is 21.8 Å². The van der Waals surface area contributed by atoms with Crippen molar-refractivity contribution in [2.45, 2.75) is 25.9 Å². The van der Waals surface area contributed by atoms with Gasteiger partial charge in [-0.15, -0.1) is 0 Å². The number of halogens is 1. The quantitative estimate of drug-likeness (QED) is 0.925. The second-order valence-electron chi connectivity index (χ2n) is 4.75. The minimum atomic E-state index is -0.105. The number of hydrogen-bond donors (Lipinski definition) is 1. The molecule has 19 heavy (non-hydrogen) atoms. The van der Waals surface area contributed by atoms with Gasteiger partial charge >= 0.3 is 0 Å². The number of methoxy groups -OCH3 is 1. The smallest absolute Gasteiger partial charge is 0.239 e. The predicted octanol–water partition coefficient (Wildman–Crippen LogP) is 2.17. The van der Waals surface area contributed by atoms with Crippen molar-refractivity contribution in [2.75, 3.05) is 20.2 Å². The summed E-state index contributed by atoms with van der Waals surface area (Å²) >= 11 is 3.53. The number of carbonyl (C=O) groups is 1. The summed E-state index contributed by atoms with van der Waals surface area (Å²) in [5.74, 6) is 0.971. The zero-order valence-corrected chi connectivity index (χ0v) is 12.9. The Morgan fingerprint density at radius 3 is 3.05 bits per heavy atom. The summed E-state index contributed by atoms with van der Waals surface area (Å²) < 4.78 is 6.24. The average Bonchev–Trinajstić information content (AvgIpc) is 2.57. The van der Waals surface area contributed by atoms with E-state index in [4.69, 9.17) is 4.74 Å². The molecule has 1 fully saturated rings. The molecule has 0 aliphatic carbocycles. The molecule has 1 N–H and O–H groups in total. The first-order valence-corrected chi connectivity index (χ1v) is 7.25. The second kappa shape index (κ2) is 6.39. The fourth-order valence-electron chi connectivity index (χ4n) is 2.22. The van der Waals surface area contributed by atoms with Gasteiger partial charge < -0.3 is 15.0 Å². The summed E-state index contributed by atoms with van der Waals surface area (Å²) in [7, 11) is 1.65. The molecule has 1 heterocycles. The molecule has 1 unspecified atom stereocenters. The minimum absolute atomic E-state index is 0.105. The highest BCUT2D eigenvalue weighted by molar-refractivity contribution is 9.10. The summed E-state index contributed by atoms with van der Waals surface area (Å²) in [5, 5.41) is 3.22. The zero-order valence-electron chi connectivity index (χ0n) is 11.3. The third-order valence-corrected chi connectivity index (χ3v) is 4.13. The Balaban J connectivity index is 2.17. The number of amides is 1. The summed E-state index contributed by atoms with van der Waals surface area (Å²) in [4.78, 5) is 14.1. The van der Waals surface area contributed by atoms with Crippen LogP contribution in [0.5, 0.6) is 5.75 Å². The Kier molecular flexibility index (Phi) is 4.82. The molecule has 1 aliphatic rings. The number of nitrogens with one attached hydrogen (secondary N) is 1. The van der Waals surface area contributed by atoms with Crippen LogP contribution >= 0.6 is 15.9 Å². The van der Waals surface area contributed by atoms with Crippen LogP contribution in [0.2, 0.25) is 0 Å². The van der Waals surface area contributed by atoms with Crippen LogP contribution in [0, 0.1) is 0 Å². The molecule has 0 radical (unpaired) electrons. The lowest BCUT2D eigenvalue weighted by atomic mass is 10.2. The summed E-state index contributed by atoms with van der Waals surface area (Å²) in [6, 6.07) is 5.73. The van der Waals surface area contributed by atoms with Gasteiger partial charge in [0.25, 0.3) is 0 Å². The third kappa shape index (κ3) is 3.48. The Labute approximate surface area is 122 Å². The normalized spacial score (nSPS) is 20.3. The van der Waals surface area contributed by atoms with Crippen molar-refractivity contribution < 1.29 is 9.53 Å². The molecule has 1 aromatic rings. The number of hydrogen-bond acceptors (Lipinski definition) is 3. The highest BCUT2D eigenvalue weighted by atomic mass is 79.9. The number of rotatable bonds is 3. The molecular formula is C14H19BrN2O2. The highest BCUT2D eigenvalue weighted by Gasteiger charge is 2.23. The fraction of sp³-hybridized carbons (Fsp3) is 0.500. The van der Waals surface area contributed by atoms with Crippen LogP contribution in [0.4, 0.5) is 0 Å². The van der Waals surface area contributed by atoms with Gasteiger partial charge in [-0.1, -0.05) is 15.9 Å². The molecule has 1 aliphatic heterocycles. The molecule has 1 aromatic carbocycles. The maximum atomic E-state index is 12.2. The van der Waals surface area contributed by atoms with Crippen molar-refractivity contribution in [3.05, 3.63) is 28.2 Å². The lowest BCUT2D eigenvalue weighted by Gasteiger charge is -2.23. The first-order valence-electron chi connectivity index (χ1n) is 6.46. The van der Waals surface area contributed by atoms with Crippen LogP contribution in [-0.2, 0) is 11.3 Å². The number of benzene rings is 1. The number of nitrogens with zero attached hydrogens (tertiary/aromatic N) is 1. The summed E-state index contributed by atoms with van der Waals surface area (Å²) in [5.41, 5.74) is 1.07. The largest absolute Gasteiger partial charge is 0.497 e. The van der Waals surface area contributed by atoms with E-state index >= 15 is 0 Å². The van der Waals surface area contributed by atoms with Gasteiger partial charge in [0.15, 0.2) is 0 Å². The van der Waals surface area contributed by atoms with E-state index in [2.05, 4.69) is 21.2 Å². The van der Waals surface area contributed by atoms with Crippen molar-refractivity contribution in [3.63, 3.8) is 0 Å². The van der Waals surface area contributed by atoms with Crippen LogP contribution in [0.25, 0.3) is 0 Å². The molecule has 0 bridgehead atoms. The van der Waals surface area contributed by atoms with E-state index in [1.165, 1.54) is 0 Å². The maximum absolute atomic E-state index is 12.2. The Hall–Kier alpha value is -1.07. The molecule has 0 saturated carbocycles. The zero-order chi connectivity index (χ0) is 13.8. The minimum Gasteiger partial charge on any atom is -0.497 e. The maximum Gasteiger partial charge on any atom is 0.239 e. The van der Waals surface area contributed by atoms with Gasteiger partial charge in [0.2, 0.25) is 5.91 Å². The lowest BCUT2D eigenvalue weighted by molar-refractivity contribution is -0.132. The van der Waals surface area contributed by atoms with Gasteiger partial charge in [-0.2, -0.15) is 0 Å². The standard InChI is InChI=1S/C14H19BrN2O2/c1-10-14(18)17(7-3-6-16-10)9-11-8-12(19-2)4-5-13(11)15/h4-5,8,10,16H,3,6-7,9H2,1-2H3. The van der Waals surface area contributed by atoms with Gasteiger partial charge in [-0.05, 0) is 43.7 Å². The molecule has 0 spiro atoms. The second-order valence-corrected chi connectivity index (χ2v) is 5.60. The molecule has 5 heteroatoms. The van der Waals surface area contributed by atoms with Crippen LogP contribution in [0.15, 0.2) is 22.7 Å². The molecule has 104 valence electrons. The van der Waals surface area contributed by atoms with Crippen LogP contribution in [-0.4, -0.2) is 37.0 Å². The molecule has 1 amide bonds.